The molecule has 2 aromatic heterocycles. The van der Waals surface area contributed by atoms with Crippen LogP contribution in [-0.4, -0.2) is 53.1 Å². The standard InChI is InChI=1S/C23H28ClN7/c1-15-11-16(2)21(17(3)12-15)28-22-19(24)14-26-23(29-22)27-20-6-5-18(13-25-20)31-9-7-30(4)8-10-31/h5-6,11-14H,7-10H2,1-4H3,(H2,25,26,27,28,29). The molecule has 2 N–H and O–H groups in total. The molecule has 1 saturated heterocycles. The predicted octanol–water partition coefficient (Wildman–Crippen LogP) is 4.69. The van der Waals surface area contributed by atoms with Gasteiger partial charge < -0.3 is 20.4 Å². The van der Waals surface area contributed by atoms with E-state index in [0.717, 1.165) is 48.7 Å². The summed E-state index contributed by atoms with van der Waals surface area (Å²) in [5, 5.41) is 7.00. The molecule has 0 bridgehead atoms. The van der Waals surface area contributed by atoms with Gasteiger partial charge in [-0.2, -0.15) is 4.98 Å². The Kier molecular flexibility index (Phi) is 6.25. The van der Waals surface area contributed by atoms with Gasteiger partial charge in [0.25, 0.3) is 0 Å². The molecule has 8 heteroatoms. The number of hydrogen-bond donors (Lipinski definition) is 2. The summed E-state index contributed by atoms with van der Waals surface area (Å²) in [5.74, 6) is 1.69. The second kappa shape index (κ2) is 9.08. The van der Waals surface area contributed by atoms with Crippen molar-refractivity contribution in [3.8, 4) is 0 Å². The van der Waals surface area contributed by atoms with Crippen molar-refractivity contribution in [3.63, 3.8) is 0 Å². The van der Waals surface area contributed by atoms with Gasteiger partial charge in [-0.3, -0.25) is 0 Å². The van der Waals surface area contributed by atoms with Crippen molar-refractivity contribution in [1.82, 2.24) is 19.9 Å². The Morgan fingerprint density at radius 2 is 1.61 bits per heavy atom. The number of piperazine rings is 1. The fourth-order valence-electron chi connectivity index (χ4n) is 3.84. The molecule has 31 heavy (non-hydrogen) atoms. The average molecular weight is 438 g/mol. The Morgan fingerprint density at radius 1 is 0.903 bits per heavy atom. The molecule has 0 aliphatic carbocycles. The third-order valence-corrected chi connectivity index (χ3v) is 5.80. The third-order valence-electron chi connectivity index (χ3n) is 5.52. The summed E-state index contributed by atoms with van der Waals surface area (Å²) in [7, 11) is 2.15. The van der Waals surface area contributed by atoms with Crippen molar-refractivity contribution < 1.29 is 0 Å². The number of nitrogens with zero attached hydrogens (tertiary/aromatic N) is 5. The lowest BCUT2D eigenvalue weighted by Crippen LogP contribution is -2.44. The van der Waals surface area contributed by atoms with Gasteiger partial charge in [-0.1, -0.05) is 29.3 Å². The van der Waals surface area contributed by atoms with Crippen molar-refractivity contribution >= 4 is 40.6 Å². The minimum Gasteiger partial charge on any atom is -0.368 e. The van der Waals surface area contributed by atoms with Gasteiger partial charge in [-0.15, -0.1) is 0 Å². The Balaban J connectivity index is 1.49. The van der Waals surface area contributed by atoms with Crippen LogP contribution in [0.3, 0.4) is 0 Å². The van der Waals surface area contributed by atoms with E-state index in [1.54, 1.807) is 6.20 Å². The first kappa shape index (κ1) is 21.3. The van der Waals surface area contributed by atoms with Crippen LogP contribution in [0.2, 0.25) is 5.02 Å². The highest BCUT2D eigenvalue weighted by atomic mass is 35.5. The van der Waals surface area contributed by atoms with Crippen LogP contribution in [0, 0.1) is 20.8 Å². The molecule has 162 valence electrons. The minimum absolute atomic E-state index is 0.439. The van der Waals surface area contributed by atoms with Crippen molar-refractivity contribution in [3.05, 3.63) is 58.4 Å². The lowest BCUT2D eigenvalue weighted by molar-refractivity contribution is 0.313. The minimum atomic E-state index is 0.439. The molecule has 1 fully saturated rings. The first-order valence-electron chi connectivity index (χ1n) is 10.4. The molecule has 0 amide bonds. The van der Waals surface area contributed by atoms with Crippen LogP contribution >= 0.6 is 11.6 Å². The van der Waals surface area contributed by atoms with E-state index >= 15 is 0 Å². The molecular formula is C23H28ClN7. The number of nitrogens with one attached hydrogen (secondary N) is 2. The van der Waals surface area contributed by atoms with E-state index in [9.17, 15) is 0 Å². The third kappa shape index (κ3) is 5.06. The van der Waals surface area contributed by atoms with Crippen LogP contribution in [0.1, 0.15) is 16.7 Å². The van der Waals surface area contributed by atoms with Crippen LogP contribution in [0.4, 0.5) is 29.0 Å². The largest absolute Gasteiger partial charge is 0.368 e. The summed E-state index contributed by atoms with van der Waals surface area (Å²) in [4.78, 5) is 18.1. The summed E-state index contributed by atoms with van der Waals surface area (Å²) in [6, 6.07) is 8.30. The molecule has 0 spiro atoms. The van der Waals surface area contributed by atoms with E-state index in [0.29, 0.717) is 22.6 Å². The zero-order valence-corrected chi connectivity index (χ0v) is 19.2. The lowest BCUT2D eigenvalue weighted by Gasteiger charge is -2.33. The zero-order chi connectivity index (χ0) is 22.0. The number of aryl methyl sites for hydroxylation is 3. The van der Waals surface area contributed by atoms with E-state index in [2.05, 4.69) is 81.4 Å². The number of rotatable bonds is 5. The van der Waals surface area contributed by atoms with Gasteiger partial charge in [0, 0.05) is 31.9 Å². The van der Waals surface area contributed by atoms with E-state index < -0.39 is 0 Å². The number of pyridine rings is 1. The normalized spacial score (nSPS) is 14.5. The second-order valence-corrected chi connectivity index (χ2v) is 8.51. The smallest absolute Gasteiger partial charge is 0.230 e. The Hall–Kier alpha value is -2.90. The summed E-state index contributed by atoms with van der Waals surface area (Å²) in [6.07, 6.45) is 3.48. The molecule has 3 heterocycles. The number of benzene rings is 1. The maximum absolute atomic E-state index is 6.36. The fraction of sp³-hybridized carbons (Fsp3) is 0.348. The molecular weight excluding hydrogens is 410 g/mol. The SMILES string of the molecule is Cc1cc(C)c(Nc2nc(Nc3ccc(N4CCN(C)CC4)cn3)ncc2Cl)c(C)c1. The molecule has 0 radical (unpaired) electrons. The van der Waals surface area contributed by atoms with Crippen molar-refractivity contribution in [1.29, 1.82) is 0 Å². The first-order valence-corrected chi connectivity index (χ1v) is 10.8. The van der Waals surface area contributed by atoms with Crippen LogP contribution in [0.25, 0.3) is 0 Å². The van der Waals surface area contributed by atoms with Gasteiger partial charge in [-0.05, 0) is 51.1 Å². The second-order valence-electron chi connectivity index (χ2n) is 8.11. The van der Waals surface area contributed by atoms with Crippen molar-refractivity contribution in [2.24, 2.45) is 0 Å². The summed E-state index contributed by atoms with van der Waals surface area (Å²) < 4.78 is 0. The van der Waals surface area contributed by atoms with Crippen LogP contribution in [0.5, 0.6) is 0 Å². The quantitative estimate of drug-likeness (QED) is 0.600. The van der Waals surface area contributed by atoms with E-state index in [-0.39, 0.29) is 0 Å². The highest BCUT2D eigenvalue weighted by Crippen LogP contribution is 2.29. The van der Waals surface area contributed by atoms with Crippen LogP contribution in [0.15, 0.2) is 36.7 Å². The topological polar surface area (TPSA) is 69.2 Å². The fourth-order valence-corrected chi connectivity index (χ4v) is 3.98. The molecule has 4 rings (SSSR count). The van der Waals surface area contributed by atoms with Gasteiger partial charge in [-0.25, -0.2) is 9.97 Å². The molecule has 3 aromatic rings. The monoisotopic (exact) mass is 437 g/mol. The lowest BCUT2D eigenvalue weighted by atomic mass is 10.1. The predicted molar refractivity (Wildman–Crippen MR) is 128 cm³/mol. The Morgan fingerprint density at radius 3 is 2.26 bits per heavy atom. The Bertz CT molecular complexity index is 1040. The summed E-state index contributed by atoms with van der Waals surface area (Å²) in [5.41, 5.74) is 5.64. The van der Waals surface area contributed by atoms with E-state index in [1.165, 1.54) is 5.56 Å². The van der Waals surface area contributed by atoms with E-state index in [1.807, 2.05) is 12.3 Å². The molecule has 0 unspecified atom stereocenters. The molecule has 7 nitrogen and oxygen atoms in total. The highest BCUT2D eigenvalue weighted by molar-refractivity contribution is 6.32. The molecule has 1 aromatic carbocycles. The van der Waals surface area contributed by atoms with Gasteiger partial charge in [0.2, 0.25) is 5.95 Å². The average Bonchev–Trinajstić information content (AvgIpc) is 2.74. The number of likely N-dealkylation sites (N-methyl/N-ethyl adjacent to an activating group) is 1. The summed E-state index contributed by atoms with van der Waals surface area (Å²) in [6.45, 7) is 10.4. The highest BCUT2D eigenvalue weighted by Gasteiger charge is 2.15. The van der Waals surface area contributed by atoms with Crippen LogP contribution < -0.4 is 15.5 Å². The summed E-state index contributed by atoms with van der Waals surface area (Å²) >= 11 is 6.36. The van der Waals surface area contributed by atoms with Crippen LogP contribution in [-0.2, 0) is 0 Å². The molecule has 0 saturated carbocycles. The number of aromatic nitrogens is 3. The van der Waals surface area contributed by atoms with Gasteiger partial charge in [0.05, 0.1) is 18.1 Å². The first-order chi connectivity index (χ1) is 14.9. The van der Waals surface area contributed by atoms with Gasteiger partial charge in [0.15, 0.2) is 5.82 Å². The van der Waals surface area contributed by atoms with Gasteiger partial charge in [0.1, 0.15) is 10.8 Å². The molecule has 1 aliphatic rings. The number of hydrogen-bond acceptors (Lipinski definition) is 7. The zero-order valence-electron chi connectivity index (χ0n) is 18.4. The van der Waals surface area contributed by atoms with Crippen molar-refractivity contribution in [2.75, 3.05) is 48.8 Å². The number of anilines is 5. The van der Waals surface area contributed by atoms with Gasteiger partial charge >= 0.3 is 0 Å². The molecule has 0 atom stereocenters. The molecule has 1 aliphatic heterocycles. The maximum Gasteiger partial charge on any atom is 0.230 e. The maximum atomic E-state index is 6.36. The van der Waals surface area contributed by atoms with Crippen molar-refractivity contribution in [2.45, 2.75) is 20.8 Å². The van der Waals surface area contributed by atoms with E-state index in [4.69, 9.17) is 11.6 Å². The Labute approximate surface area is 188 Å². The number of halogens is 1.